The van der Waals surface area contributed by atoms with E-state index in [4.69, 9.17) is 0 Å². The van der Waals surface area contributed by atoms with E-state index < -0.39 is 0 Å². The van der Waals surface area contributed by atoms with Gasteiger partial charge in [0.2, 0.25) is 0 Å². The second-order valence-electron chi connectivity index (χ2n) is 7.91. The number of nitrogens with zero attached hydrogens (tertiary/aromatic N) is 1. The SMILES string of the molecule is CC(C)(C)N1CCCCC1.CCCCC1CCCNCC1. The molecule has 0 aromatic rings. The van der Waals surface area contributed by atoms with Crippen molar-refractivity contribution >= 4 is 0 Å². The van der Waals surface area contributed by atoms with Gasteiger partial charge in [-0.05, 0) is 85.0 Å². The van der Waals surface area contributed by atoms with Gasteiger partial charge in [0, 0.05) is 5.54 Å². The van der Waals surface area contributed by atoms with Crippen LogP contribution in [0.15, 0.2) is 0 Å². The molecule has 0 aromatic carbocycles. The van der Waals surface area contributed by atoms with Crippen molar-refractivity contribution in [2.45, 2.75) is 91.0 Å². The lowest BCUT2D eigenvalue weighted by molar-refractivity contribution is 0.111. The monoisotopic (exact) mass is 296 g/mol. The number of piperidine rings is 1. The van der Waals surface area contributed by atoms with Gasteiger partial charge in [0.1, 0.15) is 0 Å². The Kier molecular flexibility index (Phi) is 9.59. The third-order valence-corrected chi connectivity index (χ3v) is 4.97. The predicted molar refractivity (Wildman–Crippen MR) is 94.9 cm³/mol. The van der Waals surface area contributed by atoms with E-state index in [1.54, 1.807) is 0 Å². The van der Waals surface area contributed by atoms with Crippen LogP contribution < -0.4 is 5.32 Å². The van der Waals surface area contributed by atoms with Crippen molar-refractivity contribution in [3.63, 3.8) is 0 Å². The largest absolute Gasteiger partial charge is 0.317 e. The molecule has 2 nitrogen and oxygen atoms in total. The molecule has 2 aliphatic heterocycles. The molecule has 0 bridgehead atoms. The van der Waals surface area contributed by atoms with Gasteiger partial charge in [0.15, 0.2) is 0 Å². The van der Waals surface area contributed by atoms with E-state index in [9.17, 15) is 0 Å². The van der Waals surface area contributed by atoms with Crippen LogP contribution in [-0.4, -0.2) is 36.6 Å². The van der Waals surface area contributed by atoms with Gasteiger partial charge in [-0.2, -0.15) is 0 Å². The third kappa shape index (κ3) is 8.83. The fraction of sp³-hybridized carbons (Fsp3) is 1.00. The lowest BCUT2D eigenvalue weighted by atomic mass is 9.95. The molecule has 21 heavy (non-hydrogen) atoms. The number of hydrogen-bond acceptors (Lipinski definition) is 2. The minimum atomic E-state index is 0.403. The molecular weight excluding hydrogens is 256 g/mol. The quantitative estimate of drug-likeness (QED) is 0.802. The van der Waals surface area contributed by atoms with E-state index in [2.05, 4.69) is 37.9 Å². The van der Waals surface area contributed by atoms with Crippen molar-refractivity contribution < 1.29 is 0 Å². The summed E-state index contributed by atoms with van der Waals surface area (Å²) in [5.74, 6) is 1.03. The van der Waals surface area contributed by atoms with Gasteiger partial charge in [-0.15, -0.1) is 0 Å². The Hall–Kier alpha value is -0.0800. The van der Waals surface area contributed by atoms with Crippen LogP contribution in [0.3, 0.4) is 0 Å². The minimum absolute atomic E-state index is 0.403. The Morgan fingerprint density at radius 3 is 2.24 bits per heavy atom. The summed E-state index contributed by atoms with van der Waals surface area (Å²) in [6.45, 7) is 14.3. The fourth-order valence-corrected chi connectivity index (χ4v) is 3.44. The molecule has 2 fully saturated rings. The lowest BCUT2D eigenvalue weighted by Gasteiger charge is -2.38. The number of hydrogen-bond donors (Lipinski definition) is 1. The molecule has 0 aliphatic carbocycles. The molecule has 0 aromatic heterocycles. The van der Waals surface area contributed by atoms with Crippen molar-refractivity contribution in [2.24, 2.45) is 5.92 Å². The molecule has 0 saturated carbocycles. The second-order valence-corrected chi connectivity index (χ2v) is 7.91. The van der Waals surface area contributed by atoms with Gasteiger partial charge in [-0.3, -0.25) is 4.90 Å². The summed E-state index contributed by atoms with van der Waals surface area (Å²) in [6, 6.07) is 0. The van der Waals surface area contributed by atoms with Crippen LogP contribution in [0.5, 0.6) is 0 Å². The first-order valence-electron chi connectivity index (χ1n) is 9.50. The van der Waals surface area contributed by atoms with Crippen LogP contribution in [-0.2, 0) is 0 Å². The Balaban J connectivity index is 0.000000211. The van der Waals surface area contributed by atoms with Gasteiger partial charge in [0.05, 0.1) is 0 Å². The summed E-state index contributed by atoms with van der Waals surface area (Å²) in [6.07, 6.45) is 12.8. The summed E-state index contributed by atoms with van der Waals surface area (Å²) in [5, 5.41) is 3.45. The van der Waals surface area contributed by atoms with Crippen LogP contribution in [0.1, 0.15) is 85.5 Å². The fourth-order valence-electron chi connectivity index (χ4n) is 3.44. The summed E-state index contributed by atoms with van der Waals surface area (Å²) in [5.41, 5.74) is 0.403. The molecule has 1 unspecified atom stereocenters. The van der Waals surface area contributed by atoms with Gasteiger partial charge in [0.25, 0.3) is 0 Å². The first-order valence-corrected chi connectivity index (χ1v) is 9.50. The van der Waals surface area contributed by atoms with Gasteiger partial charge in [-0.25, -0.2) is 0 Å². The van der Waals surface area contributed by atoms with Crippen LogP contribution >= 0.6 is 0 Å². The Morgan fingerprint density at radius 2 is 1.67 bits per heavy atom. The maximum atomic E-state index is 3.45. The minimum Gasteiger partial charge on any atom is -0.317 e. The molecule has 0 amide bonds. The summed E-state index contributed by atoms with van der Waals surface area (Å²) in [4.78, 5) is 2.58. The van der Waals surface area contributed by atoms with Crippen LogP contribution in [0.4, 0.5) is 0 Å². The molecule has 1 N–H and O–H groups in total. The summed E-state index contributed by atoms with van der Waals surface area (Å²) >= 11 is 0. The van der Waals surface area contributed by atoms with E-state index >= 15 is 0 Å². The number of rotatable bonds is 3. The molecule has 2 aliphatic rings. The highest BCUT2D eigenvalue weighted by Gasteiger charge is 2.22. The van der Waals surface area contributed by atoms with E-state index in [0.29, 0.717) is 5.54 Å². The van der Waals surface area contributed by atoms with Crippen molar-refractivity contribution in [2.75, 3.05) is 26.2 Å². The summed E-state index contributed by atoms with van der Waals surface area (Å²) < 4.78 is 0. The van der Waals surface area contributed by atoms with E-state index in [1.165, 1.54) is 84.0 Å². The maximum absolute atomic E-state index is 3.45. The zero-order valence-corrected chi connectivity index (χ0v) is 15.2. The smallest absolute Gasteiger partial charge is 0.0125 e. The van der Waals surface area contributed by atoms with E-state index in [0.717, 1.165) is 5.92 Å². The van der Waals surface area contributed by atoms with Gasteiger partial charge in [-0.1, -0.05) is 32.6 Å². The molecule has 0 spiro atoms. The first-order chi connectivity index (χ1) is 10.0. The average molecular weight is 297 g/mol. The Bertz CT molecular complexity index is 230. The summed E-state index contributed by atoms with van der Waals surface area (Å²) in [7, 11) is 0. The van der Waals surface area contributed by atoms with Crippen molar-refractivity contribution in [3.8, 4) is 0 Å². The number of unbranched alkanes of at least 4 members (excludes halogenated alkanes) is 1. The van der Waals surface area contributed by atoms with Crippen LogP contribution in [0, 0.1) is 5.92 Å². The zero-order chi connectivity index (χ0) is 15.6. The Morgan fingerprint density at radius 1 is 0.952 bits per heavy atom. The molecule has 126 valence electrons. The molecule has 2 heterocycles. The van der Waals surface area contributed by atoms with E-state index in [1.807, 2.05) is 0 Å². The first kappa shape index (κ1) is 19.0. The third-order valence-electron chi connectivity index (χ3n) is 4.97. The molecule has 2 rings (SSSR count). The highest BCUT2D eigenvalue weighted by atomic mass is 15.2. The molecule has 1 atom stereocenters. The number of likely N-dealkylation sites (tertiary alicyclic amines) is 1. The number of nitrogens with one attached hydrogen (secondary N) is 1. The van der Waals surface area contributed by atoms with Gasteiger partial charge < -0.3 is 5.32 Å². The standard InChI is InChI=1S/C10H21N.C9H19N/c1-2-3-5-10-6-4-8-11-9-7-10;1-9(2,3)10-7-5-4-6-8-10/h10-11H,2-9H2,1H3;4-8H2,1-3H3. The zero-order valence-electron chi connectivity index (χ0n) is 15.2. The van der Waals surface area contributed by atoms with Crippen LogP contribution in [0.2, 0.25) is 0 Å². The topological polar surface area (TPSA) is 15.3 Å². The maximum Gasteiger partial charge on any atom is 0.0125 e. The van der Waals surface area contributed by atoms with Crippen LogP contribution in [0.25, 0.3) is 0 Å². The van der Waals surface area contributed by atoms with E-state index in [-0.39, 0.29) is 0 Å². The molecular formula is C19H40N2. The molecule has 2 heteroatoms. The highest BCUT2D eigenvalue weighted by Crippen LogP contribution is 2.20. The predicted octanol–water partition coefficient (Wildman–Crippen LogP) is 4.84. The lowest BCUT2D eigenvalue weighted by Crippen LogP contribution is -2.44. The average Bonchev–Trinajstić information content (AvgIpc) is 2.74. The van der Waals surface area contributed by atoms with Crippen molar-refractivity contribution in [3.05, 3.63) is 0 Å². The van der Waals surface area contributed by atoms with Crippen molar-refractivity contribution in [1.29, 1.82) is 0 Å². The highest BCUT2D eigenvalue weighted by molar-refractivity contribution is 4.78. The van der Waals surface area contributed by atoms with Gasteiger partial charge >= 0.3 is 0 Å². The van der Waals surface area contributed by atoms with Crippen molar-refractivity contribution in [1.82, 2.24) is 10.2 Å². The Labute approximate surface area is 134 Å². The normalized spacial score (nSPS) is 24.9. The molecule has 0 radical (unpaired) electrons. The molecule has 2 saturated heterocycles. The second kappa shape index (κ2) is 10.6.